The number of nitrogens with zero attached hydrogens (tertiary/aromatic N) is 2. The number of aryl methyl sites for hydroxylation is 1. The number of halogens is 1. The molecule has 0 saturated heterocycles. The van der Waals surface area contributed by atoms with E-state index >= 15 is 0 Å². The van der Waals surface area contributed by atoms with E-state index in [-0.39, 0.29) is 24.0 Å². The van der Waals surface area contributed by atoms with Gasteiger partial charge < -0.3 is 15.4 Å². The van der Waals surface area contributed by atoms with Crippen molar-refractivity contribution < 1.29 is 4.74 Å². The van der Waals surface area contributed by atoms with Gasteiger partial charge in [0.2, 0.25) is 0 Å². The SMILES string of the molecule is CCc1nc(CNC(=NC)NCCCOc2ccccc2)cs1.I. The number of thiazole rings is 1. The van der Waals surface area contributed by atoms with E-state index in [2.05, 4.69) is 32.9 Å². The summed E-state index contributed by atoms with van der Waals surface area (Å²) in [7, 11) is 1.77. The molecule has 5 nitrogen and oxygen atoms in total. The molecule has 2 N–H and O–H groups in total. The van der Waals surface area contributed by atoms with Crippen LogP contribution >= 0.6 is 35.3 Å². The van der Waals surface area contributed by atoms with Crippen LogP contribution < -0.4 is 15.4 Å². The average molecular weight is 460 g/mol. The van der Waals surface area contributed by atoms with Gasteiger partial charge in [0.25, 0.3) is 0 Å². The molecule has 7 heteroatoms. The first-order valence-corrected chi connectivity index (χ1v) is 8.75. The molecule has 0 radical (unpaired) electrons. The third kappa shape index (κ3) is 7.48. The predicted octanol–water partition coefficient (Wildman–Crippen LogP) is 3.46. The van der Waals surface area contributed by atoms with Crippen LogP contribution in [0.1, 0.15) is 24.0 Å². The van der Waals surface area contributed by atoms with Gasteiger partial charge in [-0.15, -0.1) is 35.3 Å². The molecular weight excluding hydrogens is 435 g/mol. The van der Waals surface area contributed by atoms with Gasteiger partial charge in [-0.25, -0.2) is 4.98 Å². The molecule has 0 aliphatic rings. The van der Waals surface area contributed by atoms with E-state index in [1.807, 2.05) is 30.3 Å². The van der Waals surface area contributed by atoms with E-state index in [1.165, 1.54) is 5.01 Å². The second kappa shape index (κ2) is 12.1. The number of guanidine groups is 1. The zero-order valence-electron chi connectivity index (χ0n) is 14.1. The number of hydrogen-bond donors (Lipinski definition) is 2. The van der Waals surface area contributed by atoms with Crippen LogP contribution in [0.2, 0.25) is 0 Å². The molecular formula is C17H25IN4OS. The Morgan fingerprint density at radius 3 is 2.71 bits per heavy atom. The lowest BCUT2D eigenvalue weighted by Crippen LogP contribution is -2.37. The third-order valence-electron chi connectivity index (χ3n) is 3.19. The van der Waals surface area contributed by atoms with Gasteiger partial charge in [0.1, 0.15) is 5.75 Å². The molecule has 0 aliphatic carbocycles. The van der Waals surface area contributed by atoms with Crippen LogP contribution in [0.4, 0.5) is 0 Å². The van der Waals surface area contributed by atoms with Gasteiger partial charge in [-0.2, -0.15) is 0 Å². The number of nitrogens with one attached hydrogen (secondary N) is 2. The molecule has 0 unspecified atom stereocenters. The van der Waals surface area contributed by atoms with Gasteiger partial charge in [0, 0.05) is 19.0 Å². The lowest BCUT2D eigenvalue weighted by Gasteiger charge is -2.11. The van der Waals surface area contributed by atoms with Crippen LogP contribution in [0, 0.1) is 0 Å². The highest BCUT2D eigenvalue weighted by Crippen LogP contribution is 2.09. The maximum atomic E-state index is 5.66. The van der Waals surface area contributed by atoms with Crippen molar-refractivity contribution in [3.05, 3.63) is 46.4 Å². The summed E-state index contributed by atoms with van der Waals surface area (Å²) in [6, 6.07) is 9.86. The minimum atomic E-state index is 0. The Morgan fingerprint density at radius 2 is 2.04 bits per heavy atom. The monoisotopic (exact) mass is 460 g/mol. The van der Waals surface area contributed by atoms with Crippen LogP contribution in [0.3, 0.4) is 0 Å². The van der Waals surface area contributed by atoms with Crippen LogP contribution in [0.15, 0.2) is 40.7 Å². The average Bonchev–Trinajstić information content (AvgIpc) is 3.06. The van der Waals surface area contributed by atoms with Crippen LogP contribution in [0.5, 0.6) is 5.75 Å². The first kappa shape index (κ1) is 20.7. The van der Waals surface area contributed by atoms with Crippen molar-refractivity contribution in [1.82, 2.24) is 15.6 Å². The molecule has 0 aliphatic heterocycles. The van der Waals surface area contributed by atoms with Gasteiger partial charge in [-0.05, 0) is 25.0 Å². The Bertz CT molecular complexity index is 604. The molecule has 0 atom stereocenters. The fourth-order valence-corrected chi connectivity index (χ4v) is 2.72. The number of ether oxygens (including phenoxy) is 1. The Labute approximate surface area is 165 Å². The molecule has 2 rings (SSSR count). The molecule has 24 heavy (non-hydrogen) atoms. The van der Waals surface area contributed by atoms with Crippen LogP contribution in [-0.4, -0.2) is 31.1 Å². The maximum absolute atomic E-state index is 5.66. The van der Waals surface area contributed by atoms with E-state index in [9.17, 15) is 0 Å². The number of aromatic nitrogens is 1. The van der Waals surface area contributed by atoms with Crippen molar-refractivity contribution in [2.45, 2.75) is 26.3 Å². The normalized spacial score (nSPS) is 10.8. The maximum Gasteiger partial charge on any atom is 0.191 e. The molecule has 1 aromatic heterocycles. The summed E-state index contributed by atoms with van der Waals surface area (Å²) in [5.41, 5.74) is 1.06. The molecule has 2 aromatic rings. The number of benzene rings is 1. The summed E-state index contributed by atoms with van der Waals surface area (Å²) < 4.78 is 5.66. The third-order valence-corrected chi connectivity index (χ3v) is 4.23. The molecule has 1 aromatic carbocycles. The fourth-order valence-electron chi connectivity index (χ4n) is 1.97. The standard InChI is InChI=1S/C17H24N4OS.HI/c1-3-16-21-14(13-23-16)12-20-17(18-2)19-10-7-11-22-15-8-5-4-6-9-15;/h4-6,8-9,13H,3,7,10-12H2,1-2H3,(H2,18,19,20);1H. The highest BCUT2D eigenvalue weighted by Gasteiger charge is 2.02. The zero-order valence-corrected chi connectivity index (χ0v) is 17.3. The highest BCUT2D eigenvalue weighted by molar-refractivity contribution is 14.0. The Hall–Kier alpha value is -1.35. The summed E-state index contributed by atoms with van der Waals surface area (Å²) in [6.07, 6.45) is 1.89. The largest absolute Gasteiger partial charge is 0.494 e. The van der Waals surface area contributed by atoms with Gasteiger partial charge in [-0.1, -0.05) is 25.1 Å². The molecule has 0 fully saturated rings. The van der Waals surface area contributed by atoms with Crippen molar-refractivity contribution >= 4 is 41.3 Å². The first-order valence-electron chi connectivity index (χ1n) is 7.87. The summed E-state index contributed by atoms with van der Waals surface area (Å²) in [5, 5.41) is 9.81. The van der Waals surface area contributed by atoms with E-state index < -0.39 is 0 Å². The van der Waals surface area contributed by atoms with Crippen molar-refractivity contribution in [3.8, 4) is 5.75 Å². The fraction of sp³-hybridized carbons (Fsp3) is 0.412. The summed E-state index contributed by atoms with van der Waals surface area (Å²) in [5.74, 6) is 1.70. The number of hydrogen-bond acceptors (Lipinski definition) is 4. The minimum Gasteiger partial charge on any atom is -0.494 e. The lowest BCUT2D eigenvalue weighted by atomic mass is 10.3. The smallest absolute Gasteiger partial charge is 0.191 e. The number of aliphatic imine (C=N–C) groups is 1. The van der Waals surface area contributed by atoms with E-state index in [4.69, 9.17) is 4.74 Å². The van der Waals surface area contributed by atoms with Crippen molar-refractivity contribution in [2.75, 3.05) is 20.2 Å². The molecule has 0 saturated carbocycles. The Morgan fingerprint density at radius 1 is 1.25 bits per heavy atom. The summed E-state index contributed by atoms with van der Waals surface area (Å²) in [6.45, 7) is 4.30. The van der Waals surface area contributed by atoms with Crippen molar-refractivity contribution in [2.24, 2.45) is 4.99 Å². The van der Waals surface area contributed by atoms with Gasteiger partial charge in [0.05, 0.1) is 23.9 Å². The van der Waals surface area contributed by atoms with Crippen LogP contribution in [0.25, 0.3) is 0 Å². The predicted molar refractivity (Wildman–Crippen MR) is 112 cm³/mol. The molecule has 132 valence electrons. The molecule has 0 bridgehead atoms. The topological polar surface area (TPSA) is 58.5 Å². The van der Waals surface area contributed by atoms with Crippen molar-refractivity contribution in [3.63, 3.8) is 0 Å². The van der Waals surface area contributed by atoms with Crippen molar-refractivity contribution in [1.29, 1.82) is 0 Å². The summed E-state index contributed by atoms with van der Waals surface area (Å²) >= 11 is 1.70. The number of para-hydroxylation sites is 1. The van der Waals surface area contributed by atoms with Gasteiger partial charge in [-0.3, -0.25) is 4.99 Å². The van der Waals surface area contributed by atoms with E-state index in [0.29, 0.717) is 13.2 Å². The highest BCUT2D eigenvalue weighted by atomic mass is 127. The molecule has 0 amide bonds. The van der Waals surface area contributed by atoms with E-state index in [0.717, 1.165) is 36.8 Å². The summed E-state index contributed by atoms with van der Waals surface area (Å²) in [4.78, 5) is 8.75. The molecule has 0 spiro atoms. The minimum absolute atomic E-state index is 0. The number of rotatable bonds is 8. The molecule has 1 heterocycles. The van der Waals surface area contributed by atoms with Gasteiger partial charge >= 0.3 is 0 Å². The second-order valence-corrected chi connectivity index (χ2v) is 5.90. The lowest BCUT2D eigenvalue weighted by molar-refractivity contribution is 0.311. The Balaban J connectivity index is 0.00000288. The van der Waals surface area contributed by atoms with Crippen LogP contribution in [-0.2, 0) is 13.0 Å². The second-order valence-electron chi connectivity index (χ2n) is 4.95. The quantitative estimate of drug-likeness (QED) is 0.274. The first-order chi connectivity index (χ1) is 11.3. The zero-order chi connectivity index (χ0) is 16.3. The van der Waals surface area contributed by atoms with Gasteiger partial charge in [0.15, 0.2) is 5.96 Å². The Kier molecular flexibility index (Phi) is 10.4. The van der Waals surface area contributed by atoms with E-state index in [1.54, 1.807) is 18.4 Å².